The van der Waals surface area contributed by atoms with Gasteiger partial charge in [-0.2, -0.15) is 0 Å². The van der Waals surface area contributed by atoms with Crippen molar-refractivity contribution in [1.29, 1.82) is 0 Å². The first-order valence-corrected chi connectivity index (χ1v) is 50.8. The number of alkyl halides is 2. The highest BCUT2D eigenvalue weighted by atomic mass is 19.2. The fourth-order valence-electron chi connectivity index (χ4n) is 20.8. The van der Waals surface area contributed by atoms with Crippen molar-refractivity contribution in [2.24, 2.45) is 76.9 Å². The van der Waals surface area contributed by atoms with E-state index in [0.29, 0.717) is 120 Å². The van der Waals surface area contributed by atoms with Gasteiger partial charge >= 0.3 is 11.9 Å². The van der Waals surface area contributed by atoms with Crippen molar-refractivity contribution >= 4 is 58.5 Å². The summed E-state index contributed by atoms with van der Waals surface area (Å²) in [5.74, 6) is -16.4. The van der Waals surface area contributed by atoms with E-state index in [2.05, 4.69) is 0 Å². The van der Waals surface area contributed by atoms with Gasteiger partial charge in [0.15, 0.2) is 11.6 Å². The second kappa shape index (κ2) is 56.9. The molecule has 0 aromatic heterocycles. The highest BCUT2D eigenvalue weighted by Crippen LogP contribution is 2.44. The van der Waals surface area contributed by atoms with Crippen molar-refractivity contribution in [3.8, 4) is 11.5 Å². The molecule has 2 amide bonds. The predicted molar refractivity (Wildman–Crippen MR) is 526 cm³/mol. The third kappa shape index (κ3) is 33.6. The van der Waals surface area contributed by atoms with E-state index >= 15 is 8.78 Å². The summed E-state index contributed by atoms with van der Waals surface area (Å²) in [5.41, 5.74) is 2.63. The van der Waals surface area contributed by atoms with Gasteiger partial charge in [-0.25, -0.2) is 18.4 Å². The second-order valence-corrected chi connectivity index (χ2v) is 41.1. The molecule has 2 aliphatic carbocycles. The fourth-order valence-corrected chi connectivity index (χ4v) is 20.8. The number of piperidine rings is 2. The zero-order valence-electron chi connectivity index (χ0n) is 86.8. The fraction of sp³-hybridized carbons (Fsp3) is 0.709. The van der Waals surface area contributed by atoms with Gasteiger partial charge in [-0.1, -0.05) is 161 Å². The topological polar surface area (TPSA) is 360 Å². The van der Waals surface area contributed by atoms with Crippen LogP contribution in [0, 0.1) is 76.9 Å². The van der Waals surface area contributed by atoms with Crippen LogP contribution in [0.5, 0.6) is 11.5 Å². The molecular formula is C110H166F2N2O25. The maximum atomic E-state index is 17.1. The Morgan fingerprint density at radius 2 is 0.835 bits per heavy atom. The Morgan fingerprint density at radius 1 is 0.439 bits per heavy atom. The summed E-state index contributed by atoms with van der Waals surface area (Å²) in [7, 11) is 10.7. The van der Waals surface area contributed by atoms with Crippen molar-refractivity contribution in [2.45, 2.75) is 361 Å². The number of esters is 2. The Bertz CT molecular complexity index is 4420. The second-order valence-electron chi connectivity index (χ2n) is 41.1. The number of cyclic esters (lactones) is 2. The molecule has 0 spiro atoms. The van der Waals surface area contributed by atoms with Crippen molar-refractivity contribution in [3.05, 3.63) is 119 Å². The number of amides is 2. The van der Waals surface area contributed by atoms with Gasteiger partial charge in [0.05, 0.1) is 56.9 Å². The maximum Gasteiger partial charge on any atom is 0.329 e. The van der Waals surface area contributed by atoms with E-state index in [-0.39, 0.29) is 128 Å². The molecule has 0 radical (unpaired) electrons. The number of hydrogen-bond donors (Lipinski definition) is 4. The molecule has 1 aromatic carbocycles. The summed E-state index contributed by atoms with van der Waals surface area (Å²) in [6, 6.07) is 5.11. The first kappa shape index (κ1) is 118. The van der Waals surface area contributed by atoms with Crippen LogP contribution < -0.4 is 9.47 Å². The minimum atomic E-state index is -2.93. The number of ether oxygens (including phenoxy) is 11. The Balaban J connectivity index is 0.000000343. The monoisotopic (exact) mass is 1950 g/mol. The van der Waals surface area contributed by atoms with Crippen LogP contribution in [0.3, 0.4) is 0 Å². The molecule has 9 rings (SSSR count). The van der Waals surface area contributed by atoms with Crippen molar-refractivity contribution in [1.82, 2.24) is 9.80 Å². The number of ketones is 6. The quantitative estimate of drug-likeness (QED) is 0.0809. The average molecular weight is 1950 g/mol. The first-order chi connectivity index (χ1) is 65.8. The Kier molecular flexibility index (Phi) is 48.3. The number of aliphatic hydroxyl groups is 4. The smallest absolute Gasteiger partial charge is 0.329 e. The number of nitrogens with zero attached hydrogens (tertiary/aromatic N) is 2. The highest BCUT2D eigenvalue weighted by molar-refractivity contribution is 6.39. The van der Waals surface area contributed by atoms with Crippen LogP contribution >= 0.6 is 0 Å². The summed E-state index contributed by atoms with van der Waals surface area (Å²) >= 11 is 0. The summed E-state index contributed by atoms with van der Waals surface area (Å²) in [4.78, 5) is 143. The molecule has 2 unspecified atom stereocenters. The predicted octanol–water partition coefficient (Wildman–Crippen LogP) is 16.6. The number of carbonyl (C=O) groups is 10. The highest BCUT2D eigenvalue weighted by Gasteiger charge is 2.57. The number of hydrogen-bond acceptors (Lipinski definition) is 25. The van der Waals surface area contributed by atoms with Gasteiger partial charge < -0.3 is 82.3 Å². The zero-order valence-corrected chi connectivity index (χ0v) is 86.8. The molecular weight excluding hydrogens is 1790 g/mol. The lowest BCUT2D eigenvalue weighted by Gasteiger charge is -2.41. The van der Waals surface area contributed by atoms with Crippen LogP contribution in [-0.2, 0) is 90.6 Å². The van der Waals surface area contributed by atoms with E-state index in [0.717, 1.165) is 38.9 Å². The van der Waals surface area contributed by atoms with E-state index in [9.17, 15) is 68.4 Å². The van der Waals surface area contributed by atoms with Crippen LogP contribution in [0.2, 0.25) is 0 Å². The summed E-state index contributed by atoms with van der Waals surface area (Å²) in [6.45, 7) is 27.1. The lowest BCUT2D eigenvalue weighted by Crippen LogP contribution is -2.59. The lowest BCUT2D eigenvalue weighted by atomic mass is 9.78. The molecule has 29 heteroatoms. The normalized spacial score (nSPS) is 38.4. The third-order valence-electron chi connectivity index (χ3n) is 30.2. The van der Waals surface area contributed by atoms with Crippen molar-refractivity contribution < 1.29 is 129 Å². The third-order valence-corrected chi connectivity index (χ3v) is 30.2. The van der Waals surface area contributed by atoms with Crippen molar-refractivity contribution in [2.75, 3.05) is 62.9 Å². The number of benzene rings is 1. The number of halogens is 2. The average Bonchev–Trinajstić information content (AvgIpc) is 0.776. The summed E-state index contributed by atoms with van der Waals surface area (Å²) in [6.07, 6.45) is 22.0. The van der Waals surface area contributed by atoms with Gasteiger partial charge in [-0.05, 0) is 233 Å². The summed E-state index contributed by atoms with van der Waals surface area (Å²) < 4.78 is 96.3. The van der Waals surface area contributed by atoms with E-state index in [1.54, 1.807) is 96.2 Å². The van der Waals surface area contributed by atoms with Crippen LogP contribution in [0.15, 0.2) is 119 Å². The standard InChI is InChI=1S/C51H78FNO12.C51H78FNO11.C8H10O2/c1-30-16-12-11-13-17-31(2)42(61-8)28-38-21-19-36(7)51(52,65-38)48(58)49(59)53-23-15-14-18-39(53)50(60)64-43(33(4)26-37-20-22-40(54)44(27-37)62-9)29-41(55)32(3)25-35(6)46(57)47(63-10)45(56)34(5)24-30;1-30-16-12-11-13-17-31(2)32(3)27-39-21-19-37(8)51(52,64-39)48(58)49(59)53-23-15-14-18-40(53)50(60)63-43(34(5)26-38-20-22-41(54)44(28-38)61-9)29-42(55)33(4)25-36(7)46(57)47(62-10)45(56)35(6)24-30;1-9-7-4-3-5-8(6-7)10-2/h11-13,16-17,25,30,32-34,36-40,42-44,46-47,54,57H,14-15,18-24,26-29H2,1-10H3;11-13,16-17,25,30,32-35,37-41,43-44,46-47,54,57H,14-15,18-24,26-29H2,1-10H3;3-6H,1-2H3/b13-11+,16-12+,31-17+,35-25+;13-11+,16-12+,31-17+,36-25+;/t30-,32-,33-,34-,36-,37+,38+,39+,40-,42+,43?,44-,46-,47+,51-;30-,32+,33-,34-,35-,37-,38+,39+,40+,41-,43?,44-,46-,47+,51-;/m11./s1. The number of carbonyl (C=O) groups excluding carboxylic acids is 10. The van der Waals surface area contributed by atoms with Gasteiger partial charge in [0, 0.05) is 109 Å². The number of aliphatic hydroxyl groups excluding tert-OH is 4. The van der Waals surface area contributed by atoms with E-state index in [1.807, 2.05) is 140 Å². The molecule has 1 aromatic rings. The van der Waals surface area contributed by atoms with Crippen LogP contribution in [-0.4, -0.2) is 255 Å². The van der Waals surface area contributed by atoms with Crippen LogP contribution in [0.1, 0.15) is 258 Å². The number of rotatable bonds is 13. The van der Waals surface area contributed by atoms with Crippen LogP contribution in [0.4, 0.5) is 8.78 Å². The number of fused-ring (bicyclic) bond motifs is 6. The Morgan fingerprint density at radius 3 is 1.22 bits per heavy atom. The molecule has 6 aliphatic heterocycles. The SMILES string of the molecule is CO[C@@H]1C[C@H](C[C@@H](C)C2CC(=O)[C@H](C)/C=C(\C)[C@@H](O)[C@@H](OC)C(=O)[C@H](C)C[C@H](C)/C=C/C=C/C=C(\C)[C@@H](C)C[C@@H]3CC[C@@H](C)[C@@](F)(O3)C(=O)C(=O)N3CCCC[C@H]3C(=O)O2)CC[C@H]1O.CO[C@H]1C[C@@H]2CC[C@@H](C)[C@@](F)(O2)C(=O)C(=O)N2CCCC[C@H]2C(=O)OC([C@H](C)C[C@@H]2CC[C@@H](O)[C@H](OC)C2)CC(=O)[C@H](C)/C=C(\C)[C@@H](O)[C@@H](OC)C(=O)[C@H](C)C[C@H](C)/C=C/C=C/C=C/1C.COc1cccc(OC)c1. The van der Waals surface area contributed by atoms with Gasteiger partial charge in [0.25, 0.3) is 35.1 Å². The van der Waals surface area contributed by atoms with Gasteiger partial charge in [0.2, 0.25) is 0 Å². The Labute approximate surface area is 825 Å². The minimum absolute atomic E-state index is 0.00748. The molecule has 4 bridgehead atoms. The minimum Gasteiger partial charge on any atom is -0.497 e. The van der Waals surface area contributed by atoms with Gasteiger partial charge in [-0.3, -0.25) is 38.4 Å². The molecule has 139 heavy (non-hydrogen) atoms. The summed E-state index contributed by atoms with van der Waals surface area (Å²) in [5, 5.41) is 43.8. The molecule has 780 valence electrons. The van der Waals surface area contributed by atoms with Gasteiger partial charge in [0.1, 0.15) is 71.8 Å². The number of Topliss-reactive ketones (excluding diaryl/α,β-unsaturated/α-hetero) is 6. The molecule has 6 heterocycles. The molecule has 2 saturated carbocycles. The molecule has 27 nitrogen and oxygen atoms in total. The first-order valence-electron chi connectivity index (χ1n) is 50.8. The van der Waals surface area contributed by atoms with Crippen molar-refractivity contribution in [3.63, 3.8) is 0 Å². The van der Waals surface area contributed by atoms with Crippen LogP contribution in [0.25, 0.3) is 0 Å². The van der Waals surface area contributed by atoms with E-state index in [1.165, 1.54) is 14.2 Å². The zero-order chi connectivity index (χ0) is 103. The maximum absolute atomic E-state index is 17.1. The molecule has 6 fully saturated rings. The van der Waals surface area contributed by atoms with Gasteiger partial charge in [-0.15, -0.1) is 0 Å². The molecule has 8 aliphatic rings. The molecule has 4 N–H and O–H groups in total. The lowest BCUT2D eigenvalue weighted by molar-refractivity contribution is -0.231. The molecule has 4 saturated heterocycles. The molecule has 30 atom stereocenters. The van der Waals surface area contributed by atoms with E-state index < -0.39 is 162 Å². The Hall–Kier alpha value is -7.94. The van der Waals surface area contributed by atoms with E-state index in [4.69, 9.17) is 52.1 Å². The largest absolute Gasteiger partial charge is 0.497 e. The number of methoxy groups -OCH3 is 7. The number of allylic oxidation sites excluding steroid dienone is 13.